The number of rotatable bonds is 5. The predicted octanol–water partition coefficient (Wildman–Crippen LogP) is 3.91. The van der Waals surface area contributed by atoms with Crippen LogP contribution < -0.4 is 10.6 Å². The number of halogens is 1. The molecule has 0 saturated carbocycles. The van der Waals surface area contributed by atoms with Gasteiger partial charge in [0, 0.05) is 22.0 Å². The maximum atomic E-state index is 12.2. The molecular formula is C18H14BrN3O3. The Morgan fingerprint density at radius 2 is 1.88 bits per heavy atom. The van der Waals surface area contributed by atoms with E-state index in [2.05, 4.69) is 26.6 Å². The molecule has 0 spiro atoms. The Balaban J connectivity index is 2.09. The van der Waals surface area contributed by atoms with E-state index < -0.39 is 11.9 Å². The van der Waals surface area contributed by atoms with E-state index in [1.807, 2.05) is 31.2 Å². The predicted molar refractivity (Wildman–Crippen MR) is 98.2 cm³/mol. The maximum absolute atomic E-state index is 12.2. The van der Waals surface area contributed by atoms with Crippen LogP contribution in [0.2, 0.25) is 0 Å². The lowest BCUT2D eigenvalue weighted by atomic mass is 10.2. The minimum absolute atomic E-state index is 0.107. The van der Waals surface area contributed by atoms with Gasteiger partial charge in [-0.15, -0.1) is 0 Å². The Morgan fingerprint density at radius 3 is 2.44 bits per heavy atom. The highest BCUT2D eigenvalue weighted by Crippen LogP contribution is 2.20. The SMILES string of the molecule is Cc1cc(Br)ccc1N/C=C(/C#N)C(=O)Nc1ccc(C(=O)O)cc1. The van der Waals surface area contributed by atoms with Gasteiger partial charge in [-0.05, 0) is 55.0 Å². The van der Waals surface area contributed by atoms with Crippen molar-refractivity contribution in [1.29, 1.82) is 5.26 Å². The van der Waals surface area contributed by atoms with Gasteiger partial charge in [-0.1, -0.05) is 15.9 Å². The van der Waals surface area contributed by atoms with Gasteiger partial charge in [0.05, 0.1) is 5.56 Å². The lowest BCUT2D eigenvalue weighted by molar-refractivity contribution is -0.112. The van der Waals surface area contributed by atoms with Gasteiger partial charge in [0.15, 0.2) is 0 Å². The number of carboxylic acid groups (broad SMARTS) is 1. The molecule has 0 aliphatic heterocycles. The molecule has 0 aromatic heterocycles. The number of aromatic carboxylic acids is 1. The number of hydrogen-bond acceptors (Lipinski definition) is 4. The number of nitrogens with zero attached hydrogens (tertiary/aromatic N) is 1. The first-order valence-corrected chi connectivity index (χ1v) is 7.97. The highest BCUT2D eigenvalue weighted by Gasteiger charge is 2.10. The molecule has 0 fully saturated rings. The number of carbonyl (C=O) groups excluding carboxylic acids is 1. The molecule has 2 rings (SSSR count). The number of benzene rings is 2. The number of carbonyl (C=O) groups is 2. The molecule has 2 aromatic rings. The molecule has 0 aliphatic carbocycles. The van der Waals surface area contributed by atoms with Crippen LogP contribution in [0.1, 0.15) is 15.9 Å². The van der Waals surface area contributed by atoms with Gasteiger partial charge in [0.1, 0.15) is 11.6 Å². The van der Waals surface area contributed by atoms with E-state index in [0.717, 1.165) is 15.7 Å². The minimum Gasteiger partial charge on any atom is -0.478 e. The van der Waals surface area contributed by atoms with Crippen LogP contribution >= 0.6 is 15.9 Å². The largest absolute Gasteiger partial charge is 0.478 e. The molecule has 0 atom stereocenters. The van der Waals surface area contributed by atoms with E-state index in [-0.39, 0.29) is 11.1 Å². The summed E-state index contributed by atoms with van der Waals surface area (Å²) in [6.45, 7) is 1.90. The molecule has 0 radical (unpaired) electrons. The van der Waals surface area contributed by atoms with Gasteiger partial charge in [-0.2, -0.15) is 5.26 Å². The molecule has 2 aromatic carbocycles. The summed E-state index contributed by atoms with van der Waals surface area (Å²) in [5.74, 6) is -1.64. The number of amides is 1. The number of aryl methyl sites for hydroxylation is 1. The van der Waals surface area contributed by atoms with Crippen molar-refractivity contribution in [2.75, 3.05) is 10.6 Å². The summed E-state index contributed by atoms with van der Waals surface area (Å²) in [5.41, 5.74) is 2.13. The standard InChI is InChI=1S/C18H14BrN3O3/c1-11-8-14(19)4-7-16(11)21-10-13(9-20)17(23)22-15-5-2-12(3-6-15)18(24)25/h2-8,10,21H,1H3,(H,22,23)(H,24,25)/b13-10-. The number of hydrogen-bond donors (Lipinski definition) is 3. The van der Waals surface area contributed by atoms with E-state index in [9.17, 15) is 14.9 Å². The quantitative estimate of drug-likeness (QED) is 0.522. The van der Waals surface area contributed by atoms with E-state index in [1.165, 1.54) is 30.5 Å². The van der Waals surface area contributed by atoms with Gasteiger partial charge in [0.2, 0.25) is 0 Å². The Kier molecular flexibility index (Phi) is 5.93. The zero-order valence-electron chi connectivity index (χ0n) is 13.2. The van der Waals surface area contributed by atoms with Crippen LogP contribution in [0.25, 0.3) is 0 Å². The third-order valence-corrected chi connectivity index (χ3v) is 3.81. The molecular weight excluding hydrogens is 386 g/mol. The van der Waals surface area contributed by atoms with Gasteiger partial charge in [-0.25, -0.2) is 4.79 Å². The topological polar surface area (TPSA) is 102 Å². The fraction of sp³-hybridized carbons (Fsp3) is 0.0556. The third-order valence-electron chi connectivity index (χ3n) is 3.32. The fourth-order valence-electron chi connectivity index (χ4n) is 1.98. The second-order valence-corrected chi connectivity index (χ2v) is 6.03. The van der Waals surface area contributed by atoms with Gasteiger partial charge < -0.3 is 15.7 Å². The Labute approximate surface area is 152 Å². The average molecular weight is 400 g/mol. The summed E-state index contributed by atoms with van der Waals surface area (Å²) < 4.78 is 0.933. The minimum atomic E-state index is -1.05. The number of nitrogens with one attached hydrogen (secondary N) is 2. The van der Waals surface area contributed by atoms with Gasteiger partial charge in [0.25, 0.3) is 5.91 Å². The molecule has 0 bridgehead atoms. The van der Waals surface area contributed by atoms with Crippen LogP contribution in [0.15, 0.2) is 58.7 Å². The molecule has 0 aliphatic rings. The summed E-state index contributed by atoms with van der Waals surface area (Å²) in [7, 11) is 0. The molecule has 25 heavy (non-hydrogen) atoms. The number of carboxylic acids is 1. The molecule has 126 valence electrons. The van der Waals surface area contributed by atoms with Gasteiger partial charge >= 0.3 is 5.97 Å². The van der Waals surface area contributed by atoms with E-state index >= 15 is 0 Å². The first-order valence-electron chi connectivity index (χ1n) is 7.18. The number of nitriles is 1. The Hall–Kier alpha value is -3.11. The van der Waals surface area contributed by atoms with Crippen molar-refractivity contribution in [1.82, 2.24) is 0 Å². The van der Waals surface area contributed by atoms with Crippen LogP contribution in [-0.2, 0) is 4.79 Å². The molecule has 0 saturated heterocycles. The highest BCUT2D eigenvalue weighted by atomic mass is 79.9. The second-order valence-electron chi connectivity index (χ2n) is 5.11. The Bertz CT molecular complexity index is 883. The van der Waals surface area contributed by atoms with Crippen LogP contribution in [0.3, 0.4) is 0 Å². The lowest BCUT2D eigenvalue weighted by Gasteiger charge is -2.08. The maximum Gasteiger partial charge on any atom is 0.335 e. The molecule has 7 heteroatoms. The monoisotopic (exact) mass is 399 g/mol. The average Bonchev–Trinajstić information content (AvgIpc) is 2.57. The molecule has 1 amide bonds. The van der Waals surface area contributed by atoms with Crippen molar-refractivity contribution < 1.29 is 14.7 Å². The zero-order chi connectivity index (χ0) is 18.4. The van der Waals surface area contributed by atoms with E-state index in [1.54, 1.807) is 0 Å². The second kappa shape index (κ2) is 8.13. The van der Waals surface area contributed by atoms with Gasteiger partial charge in [-0.3, -0.25) is 4.79 Å². The first kappa shape index (κ1) is 18.2. The smallest absolute Gasteiger partial charge is 0.335 e. The van der Waals surface area contributed by atoms with Crippen molar-refractivity contribution in [3.05, 3.63) is 69.8 Å². The van der Waals surface area contributed by atoms with Crippen molar-refractivity contribution in [2.45, 2.75) is 6.92 Å². The van der Waals surface area contributed by atoms with Crippen LogP contribution in [0.4, 0.5) is 11.4 Å². The normalized spacial score (nSPS) is 10.7. The molecule has 0 unspecified atom stereocenters. The summed E-state index contributed by atoms with van der Waals surface area (Å²) in [6, 6.07) is 13.1. The molecule has 6 nitrogen and oxygen atoms in total. The Morgan fingerprint density at radius 1 is 1.20 bits per heavy atom. The van der Waals surface area contributed by atoms with E-state index in [0.29, 0.717) is 5.69 Å². The summed E-state index contributed by atoms with van der Waals surface area (Å²) >= 11 is 3.37. The van der Waals surface area contributed by atoms with Crippen LogP contribution in [0, 0.1) is 18.3 Å². The van der Waals surface area contributed by atoms with Crippen molar-refractivity contribution in [3.63, 3.8) is 0 Å². The third kappa shape index (κ3) is 4.93. The van der Waals surface area contributed by atoms with Crippen LogP contribution in [0.5, 0.6) is 0 Å². The zero-order valence-corrected chi connectivity index (χ0v) is 14.8. The van der Waals surface area contributed by atoms with Crippen molar-refractivity contribution in [3.8, 4) is 6.07 Å². The summed E-state index contributed by atoms with van der Waals surface area (Å²) in [5, 5.41) is 23.5. The fourth-order valence-corrected chi connectivity index (χ4v) is 2.46. The summed E-state index contributed by atoms with van der Waals surface area (Å²) in [6.07, 6.45) is 1.33. The lowest BCUT2D eigenvalue weighted by Crippen LogP contribution is -2.14. The van der Waals surface area contributed by atoms with Crippen LogP contribution in [-0.4, -0.2) is 17.0 Å². The highest BCUT2D eigenvalue weighted by molar-refractivity contribution is 9.10. The van der Waals surface area contributed by atoms with Crippen molar-refractivity contribution in [2.24, 2.45) is 0 Å². The molecule has 3 N–H and O–H groups in total. The molecule has 0 heterocycles. The summed E-state index contributed by atoms with van der Waals surface area (Å²) in [4.78, 5) is 23.0. The number of anilines is 2. The van der Waals surface area contributed by atoms with E-state index in [4.69, 9.17) is 5.11 Å². The first-order chi connectivity index (χ1) is 11.9. The van der Waals surface area contributed by atoms with Crippen molar-refractivity contribution >= 4 is 39.2 Å².